The van der Waals surface area contributed by atoms with Crippen molar-refractivity contribution in [3.05, 3.63) is 29.8 Å². The van der Waals surface area contributed by atoms with Crippen LogP contribution in [-0.2, 0) is 16.4 Å². The molecule has 0 saturated heterocycles. The molecule has 3 N–H and O–H groups in total. The summed E-state index contributed by atoms with van der Waals surface area (Å²) in [5, 5.41) is 15.6. The van der Waals surface area contributed by atoms with Gasteiger partial charge in [0, 0.05) is 18.8 Å². The fourth-order valence-corrected chi connectivity index (χ4v) is 2.57. The molecule has 1 rings (SSSR count). The number of phenols is 1. The lowest BCUT2D eigenvalue weighted by Crippen LogP contribution is -2.42. The highest BCUT2D eigenvalue weighted by molar-refractivity contribution is 7.90. The van der Waals surface area contributed by atoms with E-state index in [0.29, 0.717) is 18.9 Å². The molecule has 6 nitrogen and oxygen atoms in total. The van der Waals surface area contributed by atoms with E-state index < -0.39 is 9.84 Å². The summed E-state index contributed by atoms with van der Waals surface area (Å²) < 4.78 is 22.4. The largest absolute Gasteiger partial charge is 0.508 e. The summed E-state index contributed by atoms with van der Waals surface area (Å²) in [6, 6.07) is 6.89. The first-order valence-electron chi connectivity index (χ1n) is 7.30. The van der Waals surface area contributed by atoms with Crippen molar-refractivity contribution in [2.45, 2.75) is 32.9 Å². The maximum atomic E-state index is 11.2. The predicted octanol–water partition coefficient (Wildman–Crippen LogP) is 1.27. The molecule has 22 heavy (non-hydrogen) atoms. The van der Waals surface area contributed by atoms with Crippen molar-refractivity contribution in [3.8, 4) is 5.75 Å². The Morgan fingerprint density at radius 2 is 1.95 bits per heavy atom. The number of benzene rings is 1. The van der Waals surface area contributed by atoms with Gasteiger partial charge in [0.25, 0.3) is 0 Å². The van der Waals surface area contributed by atoms with Crippen LogP contribution in [0.1, 0.15) is 25.8 Å². The lowest BCUT2D eigenvalue weighted by atomic mass is 10.2. The van der Waals surface area contributed by atoms with E-state index in [1.807, 2.05) is 26.0 Å². The monoisotopic (exact) mass is 327 g/mol. The second-order valence-corrected chi connectivity index (χ2v) is 7.59. The van der Waals surface area contributed by atoms with Crippen molar-refractivity contribution in [1.29, 1.82) is 0 Å². The van der Waals surface area contributed by atoms with Gasteiger partial charge in [0.1, 0.15) is 15.6 Å². The minimum Gasteiger partial charge on any atom is -0.508 e. The van der Waals surface area contributed by atoms with Gasteiger partial charge < -0.3 is 15.7 Å². The van der Waals surface area contributed by atoms with E-state index >= 15 is 0 Å². The normalized spacial score (nSPS) is 13.7. The van der Waals surface area contributed by atoms with Crippen LogP contribution >= 0.6 is 0 Å². The van der Waals surface area contributed by atoms with E-state index in [-0.39, 0.29) is 17.5 Å². The molecule has 0 bridgehead atoms. The van der Waals surface area contributed by atoms with Crippen LogP contribution in [0.25, 0.3) is 0 Å². The number of phenolic OH excluding ortho intramolecular Hbond substituents is 1. The predicted molar refractivity (Wildman–Crippen MR) is 89.8 cm³/mol. The molecule has 0 amide bonds. The Balaban J connectivity index is 2.59. The van der Waals surface area contributed by atoms with Crippen molar-refractivity contribution >= 4 is 15.8 Å². The number of guanidine groups is 1. The third kappa shape index (κ3) is 7.87. The Labute approximate surface area is 132 Å². The van der Waals surface area contributed by atoms with Gasteiger partial charge in [0.15, 0.2) is 5.96 Å². The van der Waals surface area contributed by atoms with E-state index in [9.17, 15) is 13.5 Å². The van der Waals surface area contributed by atoms with Crippen LogP contribution in [0.2, 0.25) is 0 Å². The fraction of sp³-hybridized carbons (Fsp3) is 0.533. The lowest BCUT2D eigenvalue weighted by Gasteiger charge is -2.17. The molecule has 1 unspecified atom stereocenters. The molecular weight excluding hydrogens is 302 g/mol. The summed E-state index contributed by atoms with van der Waals surface area (Å²) in [5.41, 5.74) is 0.985. The van der Waals surface area contributed by atoms with Crippen LogP contribution in [0.15, 0.2) is 29.3 Å². The molecule has 0 aliphatic heterocycles. The molecule has 0 aliphatic carbocycles. The van der Waals surface area contributed by atoms with Crippen LogP contribution in [0.3, 0.4) is 0 Å². The van der Waals surface area contributed by atoms with Crippen LogP contribution in [0, 0.1) is 0 Å². The lowest BCUT2D eigenvalue weighted by molar-refractivity contribution is 0.475. The van der Waals surface area contributed by atoms with Gasteiger partial charge in [-0.05, 0) is 38.0 Å². The van der Waals surface area contributed by atoms with Crippen molar-refractivity contribution in [3.63, 3.8) is 0 Å². The zero-order valence-electron chi connectivity index (χ0n) is 13.3. The number of hydrogen-bond acceptors (Lipinski definition) is 4. The molecule has 0 spiro atoms. The topological polar surface area (TPSA) is 90.8 Å². The van der Waals surface area contributed by atoms with Gasteiger partial charge in [-0.15, -0.1) is 0 Å². The summed E-state index contributed by atoms with van der Waals surface area (Å²) in [4.78, 5) is 4.46. The molecule has 7 heteroatoms. The molecule has 124 valence electrons. The molecule has 1 atom stereocenters. The Morgan fingerprint density at radius 3 is 2.50 bits per heavy atom. The second-order valence-electron chi connectivity index (χ2n) is 5.33. The third-order valence-corrected chi connectivity index (χ3v) is 3.98. The molecule has 0 aliphatic rings. The first-order valence-corrected chi connectivity index (χ1v) is 9.36. The quantitative estimate of drug-likeness (QED) is 0.518. The average Bonchev–Trinajstić information content (AvgIpc) is 2.44. The number of hydrogen-bond donors (Lipinski definition) is 3. The minimum absolute atomic E-state index is 0.00680. The molecule has 1 aromatic rings. The van der Waals surface area contributed by atoms with Crippen LogP contribution in [-0.4, -0.2) is 44.1 Å². The van der Waals surface area contributed by atoms with Gasteiger partial charge in [-0.1, -0.05) is 12.1 Å². The van der Waals surface area contributed by atoms with Crippen LogP contribution < -0.4 is 10.6 Å². The van der Waals surface area contributed by atoms with Gasteiger partial charge in [0.2, 0.25) is 0 Å². The summed E-state index contributed by atoms with van der Waals surface area (Å²) in [6.07, 6.45) is 1.77. The number of nitrogens with zero attached hydrogens (tertiary/aromatic N) is 1. The first kappa shape index (κ1) is 18.3. The third-order valence-electron chi connectivity index (χ3n) is 3.01. The number of aliphatic imine (C=N–C) groups is 1. The van der Waals surface area contributed by atoms with Crippen molar-refractivity contribution in [1.82, 2.24) is 10.6 Å². The van der Waals surface area contributed by atoms with E-state index in [0.717, 1.165) is 12.1 Å². The van der Waals surface area contributed by atoms with E-state index in [1.165, 1.54) is 6.26 Å². The Hall–Kier alpha value is -1.76. The summed E-state index contributed by atoms with van der Waals surface area (Å²) in [6.45, 7) is 5.10. The van der Waals surface area contributed by atoms with Gasteiger partial charge in [-0.25, -0.2) is 13.4 Å². The zero-order chi connectivity index (χ0) is 16.6. The molecule has 0 saturated carbocycles. The van der Waals surface area contributed by atoms with Crippen LogP contribution in [0.4, 0.5) is 0 Å². The number of aromatic hydroxyl groups is 1. The molecule has 0 radical (unpaired) electrons. The molecular formula is C15H25N3O3S. The Kier molecular flexibility index (Phi) is 7.17. The smallest absolute Gasteiger partial charge is 0.191 e. The standard InChI is InChI=1S/C15H25N3O3S/c1-4-16-15(18-12(2)9-10-22(3,20)21)17-11-13-5-7-14(19)8-6-13/h5-8,12,19H,4,9-11H2,1-3H3,(H2,16,17,18). The molecule has 0 aromatic heterocycles. The first-order chi connectivity index (χ1) is 10.3. The highest BCUT2D eigenvalue weighted by atomic mass is 32.2. The van der Waals surface area contributed by atoms with E-state index in [2.05, 4.69) is 15.6 Å². The van der Waals surface area contributed by atoms with Gasteiger partial charge in [0.05, 0.1) is 12.3 Å². The number of sulfone groups is 1. The maximum absolute atomic E-state index is 11.2. The van der Waals surface area contributed by atoms with Crippen LogP contribution in [0.5, 0.6) is 5.75 Å². The molecule has 0 heterocycles. The van der Waals surface area contributed by atoms with Crippen molar-refractivity contribution in [2.24, 2.45) is 4.99 Å². The number of rotatable bonds is 7. The second kappa shape index (κ2) is 8.63. The minimum atomic E-state index is -2.95. The molecule has 1 aromatic carbocycles. The summed E-state index contributed by atoms with van der Waals surface area (Å²) in [5.74, 6) is 1.03. The van der Waals surface area contributed by atoms with E-state index in [4.69, 9.17) is 0 Å². The fourth-order valence-electron chi connectivity index (χ4n) is 1.79. The van der Waals surface area contributed by atoms with Gasteiger partial charge >= 0.3 is 0 Å². The summed E-state index contributed by atoms with van der Waals surface area (Å²) >= 11 is 0. The van der Waals surface area contributed by atoms with Gasteiger partial charge in [-0.2, -0.15) is 0 Å². The van der Waals surface area contributed by atoms with Crippen molar-refractivity contribution < 1.29 is 13.5 Å². The Morgan fingerprint density at radius 1 is 1.32 bits per heavy atom. The number of nitrogens with one attached hydrogen (secondary N) is 2. The maximum Gasteiger partial charge on any atom is 0.191 e. The average molecular weight is 327 g/mol. The van der Waals surface area contributed by atoms with E-state index in [1.54, 1.807) is 12.1 Å². The van der Waals surface area contributed by atoms with Crippen molar-refractivity contribution in [2.75, 3.05) is 18.6 Å². The summed E-state index contributed by atoms with van der Waals surface area (Å²) in [7, 11) is -2.95. The SMILES string of the molecule is CCNC(=NCc1ccc(O)cc1)NC(C)CCS(C)(=O)=O. The Bertz CT molecular complexity index is 583. The highest BCUT2D eigenvalue weighted by Gasteiger charge is 2.09. The van der Waals surface area contributed by atoms with Gasteiger partial charge in [-0.3, -0.25) is 0 Å². The highest BCUT2D eigenvalue weighted by Crippen LogP contribution is 2.10. The molecule has 0 fully saturated rings. The zero-order valence-corrected chi connectivity index (χ0v) is 14.2.